The number of carboxylic acids is 1. The van der Waals surface area contributed by atoms with E-state index in [2.05, 4.69) is 0 Å². The van der Waals surface area contributed by atoms with Crippen LogP contribution >= 0.6 is 0 Å². The summed E-state index contributed by atoms with van der Waals surface area (Å²) in [4.78, 5) is 10.7. The molecule has 82 valence electrons. The molecule has 0 spiro atoms. The lowest BCUT2D eigenvalue weighted by Gasteiger charge is -2.10. The predicted octanol–water partition coefficient (Wildman–Crippen LogP) is -0.0475. The van der Waals surface area contributed by atoms with Crippen molar-refractivity contribution in [1.82, 2.24) is 0 Å². The van der Waals surface area contributed by atoms with Gasteiger partial charge in [-0.1, -0.05) is 0 Å². The van der Waals surface area contributed by atoms with Crippen LogP contribution in [0.1, 0.15) is 15.9 Å². The number of aromatic hydroxyl groups is 1. The minimum atomic E-state index is -1.06. The summed E-state index contributed by atoms with van der Waals surface area (Å²) in [5.74, 6) is -1.07. The minimum Gasteiger partial charge on any atom is -0.508 e. The Bertz CT molecular complexity index is 364. The first-order chi connectivity index (χ1) is 7.04. The SMILES string of the molecule is NC(CO)Cc1cc(C(=O)O)ccc1O. The van der Waals surface area contributed by atoms with Gasteiger partial charge in [0, 0.05) is 6.04 Å². The number of carboxylic acid groups (broad SMARTS) is 1. The molecular formula is C10H13NO4. The van der Waals surface area contributed by atoms with Crippen LogP contribution in [-0.4, -0.2) is 33.9 Å². The number of rotatable bonds is 4. The highest BCUT2D eigenvalue weighted by molar-refractivity contribution is 5.88. The smallest absolute Gasteiger partial charge is 0.335 e. The van der Waals surface area contributed by atoms with E-state index in [-0.39, 0.29) is 24.3 Å². The van der Waals surface area contributed by atoms with Crippen LogP contribution in [0.15, 0.2) is 18.2 Å². The van der Waals surface area contributed by atoms with Crippen molar-refractivity contribution in [3.05, 3.63) is 29.3 Å². The van der Waals surface area contributed by atoms with E-state index in [1.807, 2.05) is 0 Å². The number of hydrogen-bond acceptors (Lipinski definition) is 4. The summed E-state index contributed by atoms with van der Waals surface area (Å²) in [6, 6.07) is 3.47. The fraction of sp³-hybridized carbons (Fsp3) is 0.300. The molecule has 0 saturated carbocycles. The molecule has 1 rings (SSSR count). The van der Waals surface area contributed by atoms with Gasteiger partial charge in [0.1, 0.15) is 5.75 Å². The van der Waals surface area contributed by atoms with E-state index in [1.54, 1.807) is 0 Å². The minimum absolute atomic E-state index is 0.0103. The second-order valence-electron chi connectivity index (χ2n) is 3.30. The first-order valence-corrected chi connectivity index (χ1v) is 4.46. The zero-order chi connectivity index (χ0) is 11.4. The first kappa shape index (κ1) is 11.5. The highest BCUT2D eigenvalue weighted by Crippen LogP contribution is 2.19. The first-order valence-electron chi connectivity index (χ1n) is 4.46. The van der Waals surface area contributed by atoms with Crippen molar-refractivity contribution < 1.29 is 20.1 Å². The predicted molar refractivity (Wildman–Crippen MR) is 53.8 cm³/mol. The van der Waals surface area contributed by atoms with Crippen LogP contribution in [0.5, 0.6) is 5.75 Å². The standard InChI is InChI=1S/C10H13NO4/c11-8(5-12)4-7-3-6(10(14)15)1-2-9(7)13/h1-3,8,12-13H,4-5,11H2,(H,14,15). The Morgan fingerprint density at radius 1 is 1.47 bits per heavy atom. The van der Waals surface area contributed by atoms with E-state index < -0.39 is 12.0 Å². The Balaban J connectivity index is 2.95. The number of hydrogen-bond donors (Lipinski definition) is 4. The molecule has 0 aliphatic carbocycles. The molecule has 0 aliphatic rings. The third-order valence-electron chi connectivity index (χ3n) is 2.04. The van der Waals surface area contributed by atoms with Crippen LogP contribution in [0.2, 0.25) is 0 Å². The molecule has 5 nitrogen and oxygen atoms in total. The number of aliphatic hydroxyl groups is 1. The quantitative estimate of drug-likeness (QED) is 0.559. The molecule has 5 heteroatoms. The lowest BCUT2D eigenvalue weighted by atomic mass is 10.0. The van der Waals surface area contributed by atoms with Crippen LogP contribution < -0.4 is 5.73 Å². The Kier molecular flexibility index (Phi) is 3.65. The number of phenolic OH excluding ortho intramolecular Hbond substituents is 1. The van der Waals surface area contributed by atoms with Crippen molar-refractivity contribution in [3.63, 3.8) is 0 Å². The molecule has 0 aromatic heterocycles. The Labute approximate surface area is 86.8 Å². The molecule has 1 aromatic carbocycles. The van der Waals surface area contributed by atoms with Crippen molar-refractivity contribution in [2.45, 2.75) is 12.5 Å². The number of carbonyl (C=O) groups is 1. The van der Waals surface area contributed by atoms with Crippen LogP contribution in [0.3, 0.4) is 0 Å². The maximum absolute atomic E-state index is 10.7. The van der Waals surface area contributed by atoms with Crippen molar-refractivity contribution in [1.29, 1.82) is 0 Å². The van der Waals surface area contributed by atoms with Crippen molar-refractivity contribution in [3.8, 4) is 5.75 Å². The lowest BCUT2D eigenvalue weighted by molar-refractivity contribution is 0.0696. The molecule has 0 bridgehead atoms. The van der Waals surface area contributed by atoms with Crippen molar-refractivity contribution in [2.75, 3.05) is 6.61 Å². The van der Waals surface area contributed by atoms with Gasteiger partial charge < -0.3 is 21.1 Å². The summed E-state index contributed by atoms with van der Waals surface area (Å²) in [6.45, 7) is -0.212. The van der Waals surface area contributed by atoms with Gasteiger partial charge in [-0.05, 0) is 30.2 Å². The molecule has 0 fully saturated rings. The number of aliphatic hydroxyl groups excluding tert-OH is 1. The summed E-state index contributed by atoms with van der Waals surface area (Å²) < 4.78 is 0. The largest absolute Gasteiger partial charge is 0.508 e. The van der Waals surface area contributed by atoms with Gasteiger partial charge in [0.05, 0.1) is 12.2 Å². The number of phenols is 1. The molecule has 5 N–H and O–H groups in total. The Morgan fingerprint density at radius 2 is 2.13 bits per heavy atom. The van der Waals surface area contributed by atoms with E-state index in [0.29, 0.717) is 5.56 Å². The van der Waals surface area contributed by atoms with Gasteiger partial charge in [-0.25, -0.2) is 4.79 Å². The molecule has 0 amide bonds. The van der Waals surface area contributed by atoms with Gasteiger partial charge in [0.2, 0.25) is 0 Å². The fourth-order valence-electron chi connectivity index (χ4n) is 1.23. The molecule has 1 atom stereocenters. The second kappa shape index (κ2) is 4.77. The van der Waals surface area contributed by atoms with E-state index in [0.717, 1.165) is 0 Å². The van der Waals surface area contributed by atoms with Crippen LogP contribution in [-0.2, 0) is 6.42 Å². The average Bonchev–Trinajstić information content (AvgIpc) is 2.20. The van der Waals surface area contributed by atoms with Gasteiger partial charge in [-0.15, -0.1) is 0 Å². The maximum Gasteiger partial charge on any atom is 0.335 e. The number of nitrogens with two attached hydrogens (primary N) is 1. The number of benzene rings is 1. The van der Waals surface area contributed by atoms with E-state index >= 15 is 0 Å². The second-order valence-corrected chi connectivity index (χ2v) is 3.30. The molecule has 0 heterocycles. The van der Waals surface area contributed by atoms with E-state index in [1.165, 1.54) is 18.2 Å². The third-order valence-corrected chi connectivity index (χ3v) is 2.04. The van der Waals surface area contributed by atoms with Gasteiger partial charge >= 0.3 is 5.97 Å². The zero-order valence-corrected chi connectivity index (χ0v) is 8.05. The Morgan fingerprint density at radius 3 is 2.67 bits per heavy atom. The summed E-state index contributed by atoms with van der Waals surface area (Å²) in [5.41, 5.74) is 6.01. The van der Waals surface area contributed by atoms with Crippen molar-refractivity contribution >= 4 is 5.97 Å². The maximum atomic E-state index is 10.7. The third kappa shape index (κ3) is 2.93. The molecule has 1 unspecified atom stereocenters. The monoisotopic (exact) mass is 211 g/mol. The summed E-state index contributed by atoms with van der Waals surface area (Å²) in [5, 5.41) is 26.9. The van der Waals surface area contributed by atoms with Crippen LogP contribution in [0, 0.1) is 0 Å². The average molecular weight is 211 g/mol. The summed E-state index contributed by atoms with van der Waals surface area (Å²) in [7, 11) is 0. The molecular weight excluding hydrogens is 198 g/mol. The molecule has 0 aliphatic heterocycles. The topological polar surface area (TPSA) is 104 Å². The summed E-state index contributed by atoms with van der Waals surface area (Å²) >= 11 is 0. The molecule has 15 heavy (non-hydrogen) atoms. The van der Waals surface area contributed by atoms with Gasteiger partial charge in [-0.2, -0.15) is 0 Å². The van der Waals surface area contributed by atoms with E-state index in [4.69, 9.17) is 15.9 Å². The van der Waals surface area contributed by atoms with Crippen LogP contribution in [0.25, 0.3) is 0 Å². The zero-order valence-electron chi connectivity index (χ0n) is 8.05. The molecule has 1 aromatic rings. The van der Waals surface area contributed by atoms with Gasteiger partial charge in [-0.3, -0.25) is 0 Å². The Hall–Kier alpha value is -1.59. The number of aromatic carboxylic acids is 1. The summed E-state index contributed by atoms with van der Waals surface area (Å²) in [6.07, 6.45) is 0.240. The van der Waals surface area contributed by atoms with Crippen molar-refractivity contribution in [2.24, 2.45) is 5.73 Å². The van der Waals surface area contributed by atoms with E-state index in [9.17, 15) is 9.90 Å². The van der Waals surface area contributed by atoms with Crippen LogP contribution in [0.4, 0.5) is 0 Å². The van der Waals surface area contributed by atoms with Gasteiger partial charge in [0.25, 0.3) is 0 Å². The van der Waals surface area contributed by atoms with Gasteiger partial charge in [0.15, 0.2) is 0 Å². The highest BCUT2D eigenvalue weighted by atomic mass is 16.4. The fourth-order valence-corrected chi connectivity index (χ4v) is 1.23. The highest BCUT2D eigenvalue weighted by Gasteiger charge is 2.10. The molecule has 0 radical (unpaired) electrons. The lowest BCUT2D eigenvalue weighted by Crippen LogP contribution is -2.26. The molecule has 0 saturated heterocycles. The normalized spacial score (nSPS) is 12.4.